The highest BCUT2D eigenvalue weighted by Gasteiger charge is 2.10. The van der Waals surface area contributed by atoms with Crippen molar-refractivity contribution in [1.82, 2.24) is 10.2 Å². The average Bonchev–Trinajstić information content (AvgIpc) is 2.39. The molecule has 0 atom stereocenters. The maximum atomic E-state index is 11.7. The van der Waals surface area contributed by atoms with Gasteiger partial charge >= 0.3 is 6.03 Å². The number of nitrogens with two attached hydrogens (primary N) is 1. The zero-order valence-corrected chi connectivity index (χ0v) is 10.6. The van der Waals surface area contributed by atoms with Gasteiger partial charge in [0.25, 0.3) is 0 Å². The van der Waals surface area contributed by atoms with Crippen molar-refractivity contribution < 1.29 is 9.59 Å². The number of nitrogens with one attached hydrogen (secondary N) is 1. The molecular formula is C13H19N3O2. The molecule has 0 bridgehead atoms. The maximum Gasteiger partial charge on any atom is 0.324 e. The summed E-state index contributed by atoms with van der Waals surface area (Å²) in [5.41, 5.74) is 7.50. The van der Waals surface area contributed by atoms with Crippen LogP contribution in [0.25, 0.3) is 0 Å². The van der Waals surface area contributed by atoms with Gasteiger partial charge in [0.15, 0.2) is 0 Å². The molecule has 0 spiro atoms. The fraction of sp³-hybridized carbons (Fsp3) is 0.385. The van der Waals surface area contributed by atoms with E-state index in [9.17, 15) is 9.59 Å². The lowest BCUT2D eigenvalue weighted by Crippen LogP contribution is -2.39. The van der Waals surface area contributed by atoms with Gasteiger partial charge in [0.05, 0.1) is 0 Å². The van der Waals surface area contributed by atoms with Gasteiger partial charge < -0.3 is 11.1 Å². The van der Waals surface area contributed by atoms with Crippen LogP contribution in [-0.4, -0.2) is 30.4 Å². The Morgan fingerprint density at radius 2 is 2.06 bits per heavy atom. The van der Waals surface area contributed by atoms with Crippen molar-refractivity contribution in [2.45, 2.75) is 19.9 Å². The van der Waals surface area contributed by atoms with E-state index in [-0.39, 0.29) is 6.03 Å². The van der Waals surface area contributed by atoms with Gasteiger partial charge in [0.1, 0.15) is 0 Å². The van der Waals surface area contributed by atoms with Crippen LogP contribution >= 0.6 is 0 Å². The first-order valence-corrected chi connectivity index (χ1v) is 5.92. The second-order valence-electron chi connectivity index (χ2n) is 4.09. The van der Waals surface area contributed by atoms with E-state index in [2.05, 4.69) is 5.32 Å². The quantitative estimate of drug-likeness (QED) is 0.739. The van der Waals surface area contributed by atoms with Crippen LogP contribution in [0.2, 0.25) is 0 Å². The van der Waals surface area contributed by atoms with E-state index < -0.39 is 0 Å². The van der Waals surface area contributed by atoms with Crippen LogP contribution in [0.1, 0.15) is 17.5 Å². The Bertz CT molecular complexity index is 390. The van der Waals surface area contributed by atoms with Crippen molar-refractivity contribution in [3.8, 4) is 0 Å². The minimum atomic E-state index is -0.390. The lowest BCUT2D eigenvalue weighted by atomic mass is 10.1. The second-order valence-corrected chi connectivity index (χ2v) is 4.09. The van der Waals surface area contributed by atoms with Crippen molar-refractivity contribution in [2.75, 3.05) is 13.1 Å². The van der Waals surface area contributed by atoms with Gasteiger partial charge in [0, 0.05) is 13.1 Å². The molecule has 0 aliphatic heterocycles. The Hall–Kier alpha value is -1.88. The second kappa shape index (κ2) is 7.45. The van der Waals surface area contributed by atoms with Gasteiger partial charge in [-0.15, -0.1) is 0 Å². The molecule has 0 aromatic heterocycles. The molecule has 0 saturated heterocycles. The average molecular weight is 249 g/mol. The van der Waals surface area contributed by atoms with Crippen LogP contribution in [0.5, 0.6) is 0 Å². The minimum Gasteiger partial charge on any atom is -0.334 e. The van der Waals surface area contributed by atoms with Crippen LogP contribution in [0, 0.1) is 6.92 Å². The number of amides is 3. The number of urea groups is 1. The summed E-state index contributed by atoms with van der Waals surface area (Å²) in [4.78, 5) is 23.5. The minimum absolute atomic E-state index is 0.347. The highest BCUT2D eigenvalue weighted by molar-refractivity contribution is 5.84. The summed E-state index contributed by atoms with van der Waals surface area (Å²) < 4.78 is 0. The summed E-state index contributed by atoms with van der Waals surface area (Å²) in [5, 5.41) is 2.69. The smallest absolute Gasteiger partial charge is 0.324 e. The van der Waals surface area contributed by atoms with Gasteiger partial charge in [-0.3, -0.25) is 9.69 Å². The van der Waals surface area contributed by atoms with Crippen molar-refractivity contribution in [3.05, 3.63) is 35.4 Å². The standard InChI is InChI=1S/C13H19N3O2/c1-11-3-5-12(6-4-11)9-15-13(18)16(10-17)8-2-7-14/h3-6,10H,2,7-9,14H2,1H3,(H,15,18). The molecule has 1 aromatic rings. The van der Waals surface area contributed by atoms with E-state index in [1.807, 2.05) is 31.2 Å². The third-order valence-corrected chi connectivity index (χ3v) is 2.56. The predicted octanol–water partition coefficient (Wildman–Crippen LogP) is 1.01. The normalized spacial score (nSPS) is 9.89. The molecule has 0 aliphatic rings. The number of hydrogen-bond donors (Lipinski definition) is 2. The molecule has 0 saturated carbocycles. The van der Waals surface area contributed by atoms with Crippen LogP contribution in [0.15, 0.2) is 24.3 Å². The number of aryl methyl sites for hydroxylation is 1. The van der Waals surface area contributed by atoms with E-state index in [4.69, 9.17) is 5.73 Å². The van der Waals surface area contributed by atoms with Crippen LogP contribution in [-0.2, 0) is 11.3 Å². The molecule has 0 heterocycles. The molecule has 0 aliphatic carbocycles. The summed E-state index contributed by atoms with van der Waals surface area (Å²) >= 11 is 0. The monoisotopic (exact) mass is 249 g/mol. The molecular weight excluding hydrogens is 230 g/mol. The number of benzene rings is 1. The molecule has 5 heteroatoms. The molecule has 1 aromatic carbocycles. The van der Waals surface area contributed by atoms with Gasteiger partial charge in [-0.1, -0.05) is 29.8 Å². The zero-order valence-electron chi connectivity index (χ0n) is 10.6. The summed E-state index contributed by atoms with van der Waals surface area (Å²) in [6.07, 6.45) is 1.14. The van der Waals surface area contributed by atoms with E-state index in [0.717, 1.165) is 10.5 Å². The number of imide groups is 1. The topological polar surface area (TPSA) is 75.4 Å². The van der Waals surface area contributed by atoms with Crippen LogP contribution < -0.4 is 11.1 Å². The zero-order chi connectivity index (χ0) is 13.4. The Morgan fingerprint density at radius 3 is 2.61 bits per heavy atom. The van der Waals surface area contributed by atoms with Gasteiger partial charge in [-0.05, 0) is 25.5 Å². The molecule has 0 unspecified atom stereocenters. The number of carbonyl (C=O) groups is 2. The first kappa shape index (κ1) is 14.2. The fourth-order valence-corrected chi connectivity index (χ4v) is 1.45. The van der Waals surface area contributed by atoms with E-state index in [1.165, 1.54) is 5.56 Å². The number of nitrogens with zero attached hydrogens (tertiary/aromatic N) is 1. The Balaban J connectivity index is 2.43. The summed E-state index contributed by atoms with van der Waals surface area (Å²) in [6, 6.07) is 7.46. The predicted molar refractivity (Wildman–Crippen MR) is 69.9 cm³/mol. The van der Waals surface area contributed by atoms with Crippen molar-refractivity contribution in [2.24, 2.45) is 5.73 Å². The Labute approximate surface area is 107 Å². The van der Waals surface area contributed by atoms with E-state index in [1.54, 1.807) is 0 Å². The molecule has 0 radical (unpaired) electrons. The van der Waals surface area contributed by atoms with Crippen molar-refractivity contribution in [1.29, 1.82) is 0 Å². The molecule has 3 N–H and O–H groups in total. The Morgan fingerprint density at radius 1 is 1.39 bits per heavy atom. The highest BCUT2D eigenvalue weighted by atomic mass is 16.2. The van der Waals surface area contributed by atoms with Gasteiger partial charge in [-0.2, -0.15) is 0 Å². The summed E-state index contributed by atoms with van der Waals surface area (Å²) in [7, 11) is 0. The molecule has 5 nitrogen and oxygen atoms in total. The molecule has 98 valence electrons. The lowest BCUT2D eigenvalue weighted by Gasteiger charge is -2.15. The molecule has 3 amide bonds. The molecule has 18 heavy (non-hydrogen) atoms. The molecule has 1 rings (SSSR count). The lowest BCUT2D eigenvalue weighted by molar-refractivity contribution is -0.115. The third kappa shape index (κ3) is 4.55. The van der Waals surface area contributed by atoms with Crippen LogP contribution in [0.4, 0.5) is 4.79 Å². The van der Waals surface area contributed by atoms with Crippen LogP contribution in [0.3, 0.4) is 0 Å². The number of hydrogen-bond acceptors (Lipinski definition) is 3. The van der Waals surface area contributed by atoms with E-state index in [0.29, 0.717) is 32.5 Å². The highest BCUT2D eigenvalue weighted by Crippen LogP contribution is 2.02. The van der Waals surface area contributed by atoms with Gasteiger partial charge in [-0.25, -0.2) is 4.79 Å². The van der Waals surface area contributed by atoms with Crippen molar-refractivity contribution >= 4 is 12.4 Å². The SMILES string of the molecule is Cc1ccc(CNC(=O)N(C=O)CCCN)cc1. The Kier molecular flexibility index (Phi) is 5.87. The summed E-state index contributed by atoms with van der Waals surface area (Å²) in [5.74, 6) is 0. The third-order valence-electron chi connectivity index (χ3n) is 2.56. The summed E-state index contributed by atoms with van der Waals surface area (Å²) in [6.45, 7) is 3.21. The maximum absolute atomic E-state index is 11.7. The fourth-order valence-electron chi connectivity index (χ4n) is 1.45. The number of carbonyl (C=O) groups excluding carboxylic acids is 2. The largest absolute Gasteiger partial charge is 0.334 e. The van der Waals surface area contributed by atoms with Crippen molar-refractivity contribution in [3.63, 3.8) is 0 Å². The first-order chi connectivity index (χ1) is 8.67. The van der Waals surface area contributed by atoms with Gasteiger partial charge in [0.2, 0.25) is 6.41 Å². The number of rotatable bonds is 6. The molecule has 0 fully saturated rings. The van der Waals surface area contributed by atoms with E-state index >= 15 is 0 Å². The first-order valence-electron chi connectivity index (χ1n) is 5.92.